The first-order valence-electron chi connectivity index (χ1n) is 6.19. The summed E-state index contributed by atoms with van der Waals surface area (Å²) in [5, 5.41) is 1.23. The number of hydrogen-bond donors (Lipinski definition) is 0. The highest BCUT2D eigenvalue weighted by Crippen LogP contribution is 2.13. The molecule has 1 aromatic carbocycles. The molecule has 0 saturated carbocycles. The van der Waals surface area contributed by atoms with Gasteiger partial charge in [-0.05, 0) is 24.1 Å². The third kappa shape index (κ3) is 4.75. The monoisotopic (exact) mass is 251 g/mol. The Bertz CT molecular complexity index is 362. The van der Waals surface area contributed by atoms with Crippen LogP contribution in [0.25, 0.3) is 0 Å². The van der Waals surface area contributed by atoms with E-state index in [1.54, 1.807) is 7.05 Å². The average molecular weight is 251 g/mol. The van der Waals surface area contributed by atoms with Crippen molar-refractivity contribution >= 4 is 5.91 Å². The normalized spacial score (nSPS) is 10.2. The zero-order valence-electron chi connectivity index (χ0n) is 11.3. The highest BCUT2D eigenvalue weighted by atomic mass is 16.7. The van der Waals surface area contributed by atoms with Gasteiger partial charge < -0.3 is 4.74 Å². The number of carbonyl (C=O) groups excluding carboxylic acids is 1. The summed E-state index contributed by atoms with van der Waals surface area (Å²) >= 11 is 0. The van der Waals surface area contributed by atoms with Gasteiger partial charge in [0.2, 0.25) is 5.91 Å². The minimum Gasteiger partial charge on any atom is -0.494 e. The topological polar surface area (TPSA) is 38.8 Å². The maximum Gasteiger partial charge on any atom is 0.250 e. The van der Waals surface area contributed by atoms with Gasteiger partial charge in [-0.25, -0.2) is 5.06 Å². The predicted octanol–water partition coefficient (Wildman–Crippen LogP) is 2.43. The number of ether oxygens (including phenoxy) is 1. The summed E-state index contributed by atoms with van der Waals surface area (Å²) in [6.07, 6.45) is 2.51. The third-order valence-corrected chi connectivity index (χ3v) is 2.67. The minimum atomic E-state index is -0.0721. The molecule has 18 heavy (non-hydrogen) atoms. The summed E-state index contributed by atoms with van der Waals surface area (Å²) < 4.78 is 5.55. The van der Waals surface area contributed by atoms with Gasteiger partial charge in [-0.1, -0.05) is 25.5 Å². The molecule has 1 amide bonds. The highest BCUT2D eigenvalue weighted by Gasteiger charge is 2.08. The van der Waals surface area contributed by atoms with E-state index in [4.69, 9.17) is 9.57 Å². The Morgan fingerprint density at radius 1 is 1.28 bits per heavy atom. The van der Waals surface area contributed by atoms with Gasteiger partial charge in [0.25, 0.3) is 0 Å². The second-order valence-electron chi connectivity index (χ2n) is 4.10. The van der Waals surface area contributed by atoms with E-state index in [2.05, 4.69) is 6.92 Å². The van der Waals surface area contributed by atoms with E-state index in [9.17, 15) is 4.79 Å². The van der Waals surface area contributed by atoms with Gasteiger partial charge in [-0.15, -0.1) is 0 Å². The van der Waals surface area contributed by atoms with Gasteiger partial charge in [0.1, 0.15) is 5.75 Å². The van der Waals surface area contributed by atoms with Crippen molar-refractivity contribution in [3.8, 4) is 5.75 Å². The zero-order chi connectivity index (χ0) is 13.4. The van der Waals surface area contributed by atoms with Gasteiger partial charge in [0.05, 0.1) is 20.1 Å². The molecule has 100 valence electrons. The molecule has 0 aliphatic rings. The van der Waals surface area contributed by atoms with E-state index in [1.165, 1.54) is 12.2 Å². The number of nitrogens with zero attached hydrogens (tertiary/aromatic N) is 1. The third-order valence-electron chi connectivity index (χ3n) is 2.67. The lowest BCUT2D eigenvalue weighted by Gasteiger charge is -2.13. The van der Waals surface area contributed by atoms with Crippen LogP contribution in [0.3, 0.4) is 0 Å². The Kier molecular flexibility index (Phi) is 6.22. The van der Waals surface area contributed by atoms with E-state index in [0.29, 0.717) is 6.42 Å². The van der Waals surface area contributed by atoms with Crippen LogP contribution in [-0.4, -0.2) is 31.7 Å². The Balaban J connectivity index is 2.47. The molecule has 0 radical (unpaired) electrons. The number of hydroxylamine groups is 2. The zero-order valence-corrected chi connectivity index (χ0v) is 11.3. The molecule has 0 heterocycles. The fourth-order valence-corrected chi connectivity index (χ4v) is 1.43. The Hall–Kier alpha value is -1.55. The summed E-state index contributed by atoms with van der Waals surface area (Å²) in [7, 11) is 3.08. The molecule has 1 aromatic rings. The van der Waals surface area contributed by atoms with Crippen LogP contribution in [-0.2, 0) is 16.1 Å². The number of benzene rings is 1. The van der Waals surface area contributed by atoms with Crippen LogP contribution in [0, 0.1) is 0 Å². The van der Waals surface area contributed by atoms with E-state index < -0.39 is 0 Å². The predicted molar refractivity (Wildman–Crippen MR) is 70.3 cm³/mol. The van der Waals surface area contributed by atoms with Crippen LogP contribution < -0.4 is 4.74 Å². The molecular formula is C14H21NO3. The van der Waals surface area contributed by atoms with Gasteiger partial charge in [0, 0.05) is 7.05 Å². The number of hydrogen-bond acceptors (Lipinski definition) is 3. The number of carbonyl (C=O) groups is 1. The Morgan fingerprint density at radius 2 is 1.94 bits per heavy atom. The first-order chi connectivity index (χ1) is 8.67. The largest absolute Gasteiger partial charge is 0.494 e. The SMILES string of the molecule is CCCCOc1ccc(CC(=O)N(C)OC)cc1. The van der Waals surface area contributed by atoms with Crippen molar-refractivity contribution in [3.63, 3.8) is 0 Å². The van der Waals surface area contributed by atoms with E-state index in [-0.39, 0.29) is 5.91 Å². The van der Waals surface area contributed by atoms with Crippen molar-refractivity contribution in [3.05, 3.63) is 29.8 Å². The number of unbranched alkanes of at least 4 members (excludes halogenated alkanes) is 1. The summed E-state index contributed by atoms with van der Waals surface area (Å²) in [4.78, 5) is 16.4. The second-order valence-corrected chi connectivity index (χ2v) is 4.10. The fourth-order valence-electron chi connectivity index (χ4n) is 1.43. The standard InChI is InChI=1S/C14H21NO3/c1-4-5-10-18-13-8-6-12(7-9-13)11-14(16)15(2)17-3/h6-9H,4-5,10-11H2,1-3H3. The van der Waals surface area contributed by atoms with Crippen molar-refractivity contribution in [1.29, 1.82) is 0 Å². The van der Waals surface area contributed by atoms with Crippen LogP contribution in [0.4, 0.5) is 0 Å². The molecule has 0 aliphatic heterocycles. The van der Waals surface area contributed by atoms with Gasteiger partial charge in [-0.2, -0.15) is 0 Å². The molecule has 0 N–H and O–H groups in total. The number of amides is 1. The van der Waals surface area contributed by atoms with Crippen LogP contribution in [0.5, 0.6) is 5.75 Å². The molecule has 0 saturated heterocycles. The van der Waals surface area contributed by atoms with Crippen molar-refractivity contribution in [2.45, 2.75) is 26.2 Å². The van der Waals surface area contributed by atoms with E-state index in [1.807, 2.05) is 24.3 Å². The van der Waals surface area contributed by atoms with Crippen molar-refractivity contribution in [1.82, 2.24) is 5.06 Å². The summed E-state index contributed by atoms with van der Waals surface area (Å²) in [6, 6.07) is 7.60. The molecule has 0 unspecified atom stereocenters. The van der Waals surface area contributed by atoms with E-state index in [0.717, 1.165) is 30.8 Å². The molecule has 0 aromatic heterocycles. The fraction of sp³-hybridized carbons (Fsp3) is 0.500. The smallest absolute Gasteiger partial charge is 0.250 e. The molecule has 0 atom stereocenters. The highest BCUT2D eigenvalue weighted by molar-refractivity contribution is 5.77. The molecule has 1 rings (SSSR count). The summed E-state index contributed by atoms with van der Waals surface area (Å²) in [6.45, 7) is 2.87. The molecule has 4 heteroatoms. The summed E-state index contributed by atoms with van der Waals surface area (Å²) in [5.74, 6) is 0.775. The molecular weight excluding hydrogens is 230 g/mol. The lowest BCUT2D eigenvalue weighted by molar-refractivity contribution is -0.167. The Labute approximate surface area is 108 Å². The van der Waals surface area contributed by atoms with Crippen molar-refractivity contribution < 1.29 is 14.4 Å². The van der Waals surface area contributed by atoms with Crippen LogP contribution in [0.15, 0.2) is 24.3 Å². The molecule has 4 nitrogen and oxygen atoms in total. The average Bonchev–Trinajstić information content (AvgIpc) is 2.40. The molecule has 0 fully saturated rings. The van der Waals surface area contributed by atoms with Crippen molar-refractivity contribution in [2.75, 3.05) is 20.8 Å². The molecule has 0 aliphatic carbocycles. The lowest BCUT2D eigenvalue weighted by atomic mass is 10.1. The first kappa shape index (κ1) is 14.5. The van der Waals surface area contributed by atoms with Gasteiger partial charge in [0.15, 0.2) is 0 Å². The van der Waals surface area contributed by atoms with Crippen LogP contribution in [0.2, 0.25) is 0 Å². The number of rotatable bonds is 7. The van der Waals surface area contributed by atoms with Gasteiger partial charge in [-0.3, -0.25) is 9.63 Å². The Morgan fingerprint density at radius 3 is 2.50 bits per heavy atom. The summed E-state index contributed by atoms with van der Waals surface area (Å²) in [5.41, 5.74) is 0.951. The lowest BCUT2D eigenvalue weighted by Crippen LogP contribution is -2.26. The second kappa shape index (κ2) is 7.71. The van der Waals surface area contributed by atoms with E-state index >= 15 is 0 Å². The van der Waals surface area contributed by atoms with Crippen molar-refractivity contribution in [2.24, 2.45) is 0 Å². The first-order valence-corrected chi connectivity index (χ1v) is 6.19. The quantitative estimate of drug-likeness (QED) is 0.552. The number of likely N-dealkylation sites (N-methyl/N-ethyl adjacent to an activating group) is 1. The minimum absolute atomic E-state index is 0.0721. The molecule has 0 bridgehead atoms. The maximum absolute atomic E-state index is 11.6. The van der Waals surface area contributed by atoms with Crippen LogP contribution in [0.1, 0.15) is 25.3 Å². The molecule has 0 spiro atoms. The maximum atomic E-state index is 11.6. The van der Waals surface area contributed by atoms with Gasteiger partial charge >= 0.3 is 0 Å². The van der Waals surface area contributed by atoms with Crippen LogP contribution >= 0.6 is 0 Å².